The van der Waals surface area contributed by atoms with E-state index in [2.05, 4.69) is 15.6 Å². The Morgan fingerprint density at radius 1 is 1.38 bits per heavy atom. The first-order chi connectivity index (χ1) is 11.4. The minimum atomic E-state index is -1.04. The van der Waals surface area contributed by atoms with Gasteiger partial charge in [-0.25, -0.2) is 13.5 Å². The van der Waals surface area contributed by atoms with Crippen molar-refractivity contribution in [2.24, 2.45) is 5.92 Å². The SMILES string of the molecule is O=C(O)Cn1cc(CNC(=O)C2CC2c2ccc(F)cc2F)nn1. The lowest BCUT2D eigenvalue weighted by atomic mass is 10.1. The lowest BCUT2D eigenvalue weighted by molar-refractivity contribution is -0.138. The largest absolute Gasteiger partial charge is 0.480 e. The third-order valence-corrected chi connectivity index (χ3v) is 3.82. The van der Waals surface area contributed by atoms with E-state index in [1.807, 2.05) is 0 Å². The molecule has 1 aromatic carbocycles. The number of nitrogens with one attached hydrogen (secondary N) is 1. The third kappa shape index (κ3) is 3.55. The number of nitrogens with zero attached hydrogens (tertiary/aromatic N) is 3. The Morgan fingerprint density at radius 2 is 2.17 bits per heavy atom. The van der Waals surface area contributed by atoms with Crippen molar-refractivity contribution < 1.29 is 23.5 Å². The highest BCUT2D eigenvalue weighted by Gasteiger charge is 2.45. The zero-order valence-electron chi connectivity index (χ0n) is 12.4. The first kappa shape index (κ1) is 16.0. The molecule has 2 N–H and O–H groups in total. The number of carboxylic acids is 1. The van der Waals surface area contributed by atoms with Crippen LogP contribution < -0.4 is 5.32 Å². The maximum absolute atomic E-state index is 13.7. The number of amides is 1. The summed E-state index contributed by atoms with van der Waals surface area (Å²) in [6, 6.07) is 3.34. The molecule has 1 heterocycles. The molecule has 1 aliphatic rings. The Morgan fingerprint density at radius 3 is 2.88 bits per heavy atom. The van der Waals surface area contributed by atoms with Crippen molar-refractivity contribution in [1.82, 2.24) is 20.3 Å². The summed E-state index contributed by atoms with van der Waals surface area (Å²) in [7, 11) is 0. The lowest BCUT2D eigenvalue weighted by Crippen LogP contribution is -2.25. The Hall–Kier alpha value is -2.84. The van der Waals surface area contributed by atoms with E-state index in [0.717, 1.165) is 10.7 Å². The molecule has 24 heavy (non-hydrogen) atoms. The summed E-state index contributed by atoms with van der Waals surface area (Å²) in [5.41, 5.74) is 0.763. The summed E-state index contributed by atoms with van der Waals surface area (Å²) < 4.78 is 27.8. The van der Waals surface area contributed by atoms with Crippen LogP contribution in [0.25, 0.3) is 0 Å². The number of hydrogen-bond donors (Lipinski definition) is 2. The van der Waals surface area contributed by atoms with Crippen LogP contribution in [0.15, 0.2) is 24.4 Å². The summed E-state index contributed by atoms with van der Waals surface area (Å²) in [6.45, 7) is -0.205. The Bertz CT molecular complexity index is 793. The van der Waals surface area contributed by atoms with Crippen LogP contribution in [0.4, 0.5) is 8.78 Å². The molecule has 126 valence electrons. The van der Waals surface area contributed by atoms with E-state index in [1.165, 1.54) is 18.3 Å². The standard InChI is InChI=1S/C15H14F2N4O3/c16-8-1-2-10(13(17)3-8)11-4-12(11)15(24)18-5-9-6-21(20-19-9)7-14(22)23/h1-3,6,11-12H,4-5,7H2,(H,18,24)(H,22,23). The molecule has 2 aromatic rings. The van der Waals surface area contributed by atoms with Gasteiger partial charge in [0.25, 0.3) is 0 Å². The number of rotatable bonds is 6. The Balaban J connectivity index is 1.53. The summed E-state index contributed by atoms with van der Waals surface area (Å²) in [5, 5.41) is 18.7. The molecule has 1 saturated carbocycles. The van der Waals surface area contributed by atoms with Gasteiger partial charge in [-0.15, -0.1) is 5.10 Å². The van der Waals surface area contributed by atoms with Gasteiger partial charge in [0.2, 0.25) is 5.91 Å². The monoisotopic (exact) mass is 336 g/mol. The van der Waals surface area contributed by atoms with Gasteiger partial charge >= 0.3 is 5.97 Å². The summed E-state index contributed by atoms with van der Waals surface area (Å²) in [4.78, 5) is 22.6. The van der Waals surface area contributed by atoms with Crippen molar-refractivity contribution in [3.8, 4) is 0 Å². The predicted molar refractivity (Wildman–Crippen MR) is 76.7 cm³/mol. The molecule has 2 unspecified atom stereocenters. The fourth-order valence-electron chi connectivity index (χ4n) is 2.57. The lowest BCUT2D eigenvalue weighted by Gasteiger charge is -2.04. The second kappa shape index (κ2) is 6.34. The first-order valence-electron chi connectivity index (χ1n) is 7.27. The maximum Gasteiger partial charge on any atom is 0.325 e. The fraction of sp³-hybridized carbons (Fsp3) is 0.333. The van der Waals surface area contributed by atoms with Gasteiger partial charge in [-0.2, -0.15) is 0 Å². The number of benzene rings is 1. The molecule has 1 aliphatic carbocycles. The first-order valence-corrected chi connectivity index (χ1v) is 7.27. The Kier molecular flexibility index (Phi) is 4.24. The number of aliphatic carboxylic acids is 1. The average molecular weight is 336 g/mol. The molecule has 7 nitrogen and oxygen atoms in total. The Labute approximate surface area is 135 Å². The van der Waals surface area contributed by atoms with Gasteiger partial charge in [-0.3, -0.25) is 9.59 Å². The highest BCUT2D eigenvalue weighted by Crippen LogP contribution is 2.48. The van der Waals surface area contributed by atoms with Crippen LogP contribution >= 0.6 is 0 Å². The molecule has 1 aromatic heterocycles. The smallest absolute Gasteiger partial charge is 0.325 e. The van der Waals surface area contributed by atoms with E-state index in [-0.39, 0.29) is 30.8 Å². The van der Waals surface area contributed by atoms with Gasteiger partial charge in [0, 0.05) is 12.0 Å². The van der Waals surface area contributed by atoms with Crippen LogP contribution in [-0.4, -0.2) is 32.0 Å². The fourth-order valence-corrected chi connectivity index (χ4v) is 2.57. The molecule has 0 spiro atoms. The zero-order chi connectivity index (χ0) is 17.3. The summed E-state index contributed by atoms with van der Waals surface area (Å²) in [6.07, 6.45) is 1.93. The molecule has 0 bridgehead atoms. The number of carboxylic acid groups (broad SMARTS) is 1. The molecule has 3 rings (SSSR count). The number of hydrogen-bond acceptors (Lipinski definition) is 4. The van der Waals surface area contributed by atoms with Crippen molar-refractivity contribution in [1.29, 1.82) is 0 Å². The van der Waals surface area contributed by atoms with E-state index in [9.17, 15) is 18.4 Å². The van der Waals surface area contributed by atoms with Crippen molar-refractivity contribution in [3.05, 3.63) is 47.3 Å². The molecule has 1 amide bonds. The molecule has 2 atom stereocenters. The van der Waals surface area contributed by atoms with Crippen LogP contribution in [0.1, 0.15) is 23.6 Å². The minimum Gasteiger partial charge on any atom is -0.480 e. The number of carbonyl (C=O) groups is 2. The van der Waals surface area contributed by atoms with Crippen LogP contribution in [0, 0.1) is 17.6 Å². The van der Waals surface area contributed by atoms with Crippen LogP contribution in [0.3, 0.4) is 0 Å². The van der Waals surface area contributed by atoms with Gasteiger partial charge in [0.1, 0.15) is 23.9 Å². The molecule has 0 saturated heterocycles. The number of halogens is 2. The van der Waals surface area contributed by atoms with E-state index < -0.39 is 17.6 Å². The second-order valence-electron chi connectivity index (χ2n) is 5.63. The van der Waals surface area contributed by atoms with Gasteiger partial charge in [-0.1, -0.05) is 11.3 Å². The van der Waals surface area contributed by atoms with Crippen molar-refractivity contribution in [2.75, 3.05) is 0 Å². The number of carbonyl (C=O) groups excluding carboxylic acids is 1. The van der Waals surface area contributed by atoms with Gasteiger partial charge in [0.05, 0.1) is 12.7 Å². The molecule has 9 heteroatoms. The normalized spacial score (nSPS) is 19.1. The van der Waals surface area contributed by atoms with Crippen molar-refractivity contribution in [2.45, 2.75) is 25.4 Å². The van der Waals surface area contributed by atoms with Gasteiger partial charge in [0.15, 0.2) is 0 Å². The van der Waals surface area contributed by atoms with Crippen molar-refractivity contribution >= 4 is 11.9 Å². The molecule has 1 fully saturated rings. The highest BCUT2D eigenvalue weighted by atomic mass is 19.1. The highest BCUT2D eigenvalue weighted by molar-refractivity contribution is 5.82. The molecule has 0 aliphatic heterocycles. The molecule has 0 radical (unpaired) electrons. The van der Waals surface area contributed by atoms with Crippen LogP contribution in [0.2, 0.25) is 0 Å². The maximum atomic E-state index is 13.7. The minimum absolute atomic E-state index is 0.105. The van der Waals surface area contributed by atoms with Crippen LogP contribution in [0.5, 0.6) is 0 Å². The van der Waals surface area contributed by atoms with Gasteiger partial charge < -0.3 is 10.4 Å². The van der Waals surface area contributed by atoms with E-state index in [4.69, 9.17) is 5.11 Å². The quantitative estimate of drug-likeness (QED) is 0.822. The zero-order valence-corrected chi connectivity index (χ0v) is 12.4. The summed E-state index contributed by atoms with van der Waals surface area (Å²) in [5.74, 6) is -3.21. The molecular weight excluding hydrogens is 322 g/mol. The van der Waals surface area contributed by atoms with Gasteiger partial charge in [-0.05, 0) is 24.0 Å². The van der Waals surface area contributed by atoms with Crippen LogP contribution in [-0.2, 0) is 22.7 Å². The second-order valence-corrected chi connectivity index (χ2v) is 5.63. The van der Waals surface area contributed by atoms with E-state index >= 15 is 0 Å². The van der Waals surface area contributed by atoms with E-state index in [0.29, 0.717) is 17.7 Å². The topological polar surface area (TPSA) is 97.1 Å². The average Bonchev–Trinajstić information content (AvgIpc) is 3.17. The van der Waals surface area contributed by atoms with E-state index in [1.54, 1.807) is 0 Å². The van der Waals surface area contributed by atoms with Crippen molar-refractivity contribution in [3.63, 3.8) is 0 Å². The number of aromatic nitrogens is 3. The third-order valence-electron chi connectivity index (χ3n) is 3.82. The predicted octanol–water partition coefficient (Wildman–Crippen LogP) is 1.06. The molecular formula is C15H14F2N4O3. The summed E-state index contributed by atoms with van der Waals surface area (Å²) >= 11 is 0.